The average molecular weight is 414 g/mol. The van der Waals surface area contributed by atoms with Crippen LogP contribution >= 0.6 is 0 Å². The van der Waals surface area contributed by atoms with Gasteiger partial charge < -0.3 is 5.32 Å². The maximum atomic E-state index is 13.5. The van der Waals surface area contributed by atoms with E-state index in [0.717, 1.165) is 40.7 Å². The average Bonchev–Trinajstić information content (AvgIpc) is 3.31. The molecule has 5 nitrogen and oxygen atoms in total. The molecule has 0 unspecified atom stereocenters. The molecule has 1 amide bonds. The minimum Gasteiger partial charge on any atom is -0.347 e. The highest BCUT2D eigenvalue weighted by Gasteiger charge is 2.38. The molecule has 2 heterocycles. The number of halogens is 1. The Balaban J connectivity index is 1.52. The zero-order chi connectivity index (χ0) is 21.8. The molecule has 0 radical (unpaired) electrons. The van der Waals surface area contributed by atoms with Crippen LogP contribution in [0.25, 0.3) is 28.2 Å². The molecule has 0 aliphatic heterocycles. The van der Waals surface area contributed by atoms with E-state index in [-0.39, 0.29) is 17.3 Å². The number of hydrogen-bond donors (Lipinski definition) is 1. The van der Waals surface area contributed by atoms with Crippen LogP contribution in [0.5, 0.6) is 0 Å². The van der Waals surface area contributed by atoms with Crippen molar-refractivity contribution in [1.82, 2.24) is 19.9 Å². The first-order valence-electron chi connectivity index (χ1n) is 10.4. The van der Waals surface area contributed by atoms with Crippen LogP contribution < -0.4 is 5.32 Å². The van der Waals surface area contributed by atoms with Crippen molar-refractivity contribution in [3.63, 3.8) is 0 Å². The summed E-state index contributed by atoms with van der Waals surface area (Å²) in [5, 5.41) is 11.8. The van der Waals surface area contributed by atoms with Gasteiger partial charge in [0.05, 0.1) is 0 Å². The van der Waals surface area contributed by atoms with Gasteiger partial charge in [-0.25, -0.2) is 4.39 Å². The van der Waals surface area contributed by atoms with Crippen LogP contribution in [0.1, 0.15) is 41.3 Å². The molecule has 2 aromatic carbocycles. The third-order valence-corrected chi connectivity index (χ3v) is 6.07. The highest BCUT2D eigenvalue weighted by Crippen LogP contribution is 2.35. The lowest BCUT2D eigenvalue weighted by atomic mass is 9.98. The lowest BCUT2D eigenvalue weighted by Crippen LogP contribution is -2.34. The molecule has 0 spiro atoms. The Morgan fingerprint density at radius 2 is 1.81 bits per heavy atom. The van der Waals surface area contributed by atoms with Crippen molar-refractivity contribution in [2.75, 3.05) is 0 Å². The predicted octanol–water partition coefficient (Wildman–Crippen LogP) is 5.10. The maximum absolute atomic E-state index is 13.5. The molecule has 4 aromatic rings. The molecule has 5 rings (SSSR count). The van der Waals surface area contributed by atoms with Gasteiger partial charge in [0.2, 0.25) is 0 Å². The molecule has 1 saturated carbocycles. The number of amides is 1. The maximum Gasteiger partial charge on any atom is 0.251 e. The fraction of sp³-hybridized carbons (Fsp3) is 0.240. The minimum atomic E-state index is -0.271. The molecule has 156 valence electrons. The second kappa shape index (κ2) is 7.01. The highest BCUT2D eigenvalue weighted by atomic mass is 19.1. The topological polar surface area (TPSA) is 59.3 Å². The van der Waals surface area contributed by atoms with Crippen LogP contribution in [0, 0.1) is 19.7 Å². The van der Waals surface area contributed by atoms with Crippen LogP contribution in [-0.4, -0.2) is 26.0 Å². The molecule has 0 saturated heterocycles. The van der Waals surface area contributed by atoms with Gasteiger partial charge >= 0.3 is 0 Å². The van der Waals surface area contributed by atoms with E-state index in [4.69, 9.17) is 0 Å². The highest BCUT2D eigenvalue weighted by molar-refractivity contribution is 5.96. The summed E-state index contributed by atoms with van der Waals surface area (Å²) in [5.74, 6) is 0.355. The lowest BCUT2D eigenvalue weighted by molar-refractivity contribution is 0.0935. The Morgan fingerprint density at radius 1 is 1.00 bits per heavy atom. The number of benzene rings is 2. The summed E-state index contributed by atoms with van der Waals surface area (Å²) in [6.07, 6.45) is 3.97. The summed E-state index contributed by atoms with van der Waals surface area (Å²) in [7, 11) is 0. The third kappa shape index (κ3) is 3.58. The molecule has 6 heteroatoms. The number of carbonyl (C=O) groups excluding carboxylic acids is 1. The zero-order valence-electron chi connectivity index (χ0n) is 17.7. The SMILES string of the molecule is Cc1ccc(C(=O)NC2(C)CC2)cc1-c1ccn2c(-c3ccc(F)cc3C)nnc2c1. The van der Waals surface area contributed by atoms with Crippen LogP contribution in [0.15, 0.2) is 54.7 Å². The minimum absolute atomic E-state index is 0.0427. The summed E-state index contributed by atoms with van der Waals surface area (Å²) in [6, 6.07) is 14.4. The molecule has 0 atom stereocenters. The van der Waals surface area contributed by atoms with E-state index >= 15 is 0 Å². The summed E-state index contributed by atoms with van der Waals surface area (Å²) < 4.78 is 15.4. The Morgan fingerprint density at radius 3 is 2.55 bits per heavy atom. The number of carbonyl (C=O) groups is 1. The van der Waals surface area contributed by atoms with E-state index in [1.807, 2.05) is 54.8 Å². The second-order valence-corrected chi connectivity index (χ2v) is 8.67. The van der Waals surface area contributed by atoms with Gasteiger partial charge in [-0.2, -0.15) is 0 Å². The smallest absolute Gasteiger partial charge is 0.251 e. The first-order chi connectivity index (χ1) is 14.8. The largest absolute Gasteiger partial charge is 0.347 e. The summed E-state index contributed by atoms with van der Waals surface area (Å²) in [5.41, 5.74) is 5.95. The van der Waals surface area contributed by atoms with Gasteiger partial charge in [0.15, 0.2) is 11.5 Å². The van der Waals surface area contributed by atoms with Gasteiger partial charge in [0, 0.05) is 22.9 Å². The van der Waals surface area contributed by atoms with Crippen molar-refractivity contribution in [3.8, 4) is 22.5 Å². The Kier molecular flexibility index (Phi) is 4.39. The van der Waals surface area contributed by atoms with Gasteiger partial charge in [0.1, 0.15) is 5.82 Å². The normalized spacial score (nSPS) is 14.6. The Bertz CT molecular complexity index is 1340. The van der Waals surface area contributed by atoms with Crippen LogP contribution in [0.2, 0.25) is 0 Å². The number of nitrogens with one attached hydrogen (secondary N) is 1. The van der Waals surface area contributed by atoms with E-state index in [1.54, 1.807) is 6.07 Å². The first-order valence-corrected chi connectivity index (χ1v) is 10.4. The number of hydrogen-bond acceptors (Lipinski definition) is 3. The lowest BCUT2D eigenvalue weighted by Gasteiger charge is -2.13. The van der Waals surface area contributed by atoms with E-state index in [1.165, 1.54) is 12.1 Å². The van der Waals surface area contributed by atoms with Gasteiger partial charge in [-0.3, -0.25) is 9.20 Å². The molecule has 1 fully saturated rings. The standard InChI is InChI=1S/C25H23FN4O/c1-15-4-5-18(24(31)27-25(3)9-10-25)13-21(15)17-8-11-30-22(14-17)28-29-23(30)20-7-6-19(26)12-16(20)2/h4-8,11-14H,9-10H2,1-3H3,(H,27,31). The summed E-state index contributed by atoms with van der Waals surface area (Å²) in [6.45, 7) is 5.95. The Hall–Kier alpha value is -3.54. The number of aryl methyl sites for hydroxylation is 2. The molecular formula is C25H23FN4O. The molecule has 1 aliphatic carbocycles. The van der Waals surface area contributed by atoms with E-state index < -0.39 is 0 Å². The van der Waals surface area contributed by atoms with E-state index in [2.05, 4.69) is 22.4 Å². The second-order valence-electron chi connectivity index (χ2n) is 8.67. The van der Waals surface area contributed by atoms with Gasteiger partial charge in [-0.15, -0.1) is 10.2 Å². The van der Waals surface area contributed by atoms with E-state index in [0.29, 0.717) is 17.0 Å². The van der Waals surface area contributed by atoms with Crippen molar-refractivity contribution in [1.29, 1.82) is 0 Å². The van der Waals surface area contributed by atoms with Crippen molar-refractivity contribution < 1.29 is 9.18 Å². The van der Waals surface area contributed by atoms with Crippen LogP contribution in [0.4, 0.5) is 4.39 Å². The van der Waals surface area contributed by atoms with Gasteiger partial charge in [0.25, 0.3) is 5.91 Å². The van der Waals surface area contributed by atoms with Crippen molar-refractivity contribution in [3.05, 3.63) is 77.2 Å². The Labute approximate surface area is 179 Å². The van der Waals surface area contributed by atoms with E-state index in [9.17, 15) is 9.18 Å². The molecule has 1 N–H and O–H groups in total. The number of nitrogens with zero attached hydrogens (tertiary/aromatic N) is 3. The number of rotatable bonds is 4. The predicted molar refractivity (Wildman–Crippen MR) is 118 cm³/mol. The number of aromatic nitrogens is 3. The molecule has 2 aromatic heterocycles. The van der Waals surface area contributed by atoms with Crippen molar-refractivity contribution >= 4 is 11.6 Å². The summed E-state index contributed by atoms with van der Waals surface area (Å²) in [4.78, 5) is 12.7. The molecule has 0 bridgehead atoms. The fourth-order valence-electron chi connectivity index (χ4n) is 3.85. The quantitative estimate of drug-likeness (QED) is 0.505. The third-order valence-electron chi connectivity index (χ3n) is 6.07. The van der Waals surface area contributed by atoms with Gasteiger partial charge in [-0.1, -0.05) is 6.07 Å². The zero-order valence-corrected chi connectivity index (χ0v) is 17.7. The van der Waals surface area contributed by atoms with Crippen molar-refractivity contribution in [2.24, 2.45) is 0 Å². The summed E-state index contributed by atoms with van der Waals surface area (Å²) >= 11 is 0. The molecule has 1 aliphatic rings. The van der Waals surface area contributed by atoms with Crippen LogP contribution in [-0.2, 0) is 0 Å². The number of fused-ring (bicyclic) bond motifs is 1. The monoisotopic (exact) mass is 414 g/mol. The fourth-order valence-corrected chi connectivity index (χ4v) is 3.85. The molecular weight excluding hydrogens is 391 g/mol. The molecule has 31 heavy (non-hydrogen) atoms. The number of pyridine rings is 1. The van der Waals surface area contributed by atoms with Crippen molar-refractivity contribution in [2.45, 2.75) is 39.2 Å². The van der Waals surface area contributed by atoms with Gasteiger partial charge in [-0.05, 0) is 98.3 Å². The van der Waals surface area contributed by atoms with Crippen LogP contribution in [0.3, 0.4) is 0 Å². The first kappa shape index (κ1) is 19.4.